The van der Waals surface area contributed by atoms with E-state index in [0.29, 0.717) is 0 Å². The molecule has 0 amide bonds. The van der Waals surface area contributed by atoms with Gasteiger partial charge in [0.05, 0.1) is 0 Å². The van der Waals surface area contributed by atoms with Gasteiger partial charge in [0.15, 0.2) is 0 Å². The molecule has 0 atom stereocenters. The maximum atomic E-state index is 5.77. The lowest BCUT2D eigenvalue weighted by Gasteiger charge is -2.21. The molecule has 0 aliphatic heterocycles. The molecule has 0 aliphatic rings. The third kappa shape index (κ3) is 6.12. The van der Waals surface area contributed by atoms with Crippen molar-refractivity contribution in [1.82, 2.24) is 5.32 Å². The first-order valence-electron chi connectivity index (χ1n) is 6.11. The van der Waals surface area contributed by atoms with E-state index in [1.807, 2.05) is 19.2 Å². The Kier molecular flexibility index (Phi) is 5.23. The van der Waals surface area contributed by atoms with Gasteiger partial charge in [0.1, 0.15) is 11.4 Å². The fraction of sp³-hybridized carbons (Fsp3) is 0.467. The SMILES string of the molecule is CNCCC=Cc1ccc(OC(C)(C)C)cc1. The minimum absolute atomic E-state index is 0.135. The number of nitrogens with one attached hydrogen (secondary N) is 1. The largest absolute Gasteiger partial charge is 0.488 e. The number of rotatable bonds is 5. The first kappa shape index (κ1) is 13.8. The molecular weight excluding hydrogens is 210 g/mol. The van der Waals surface area contributed by atoms with Gasteiger partial charge in [-0.05, 0) is 58.5 Å². The maximum Gasteiger partial charge on any atom is 0.120 e. The lowest BCUT2D eigenvalue weighted by Crippen LogP contribution is -2.22. The van der Waals surface area contributed by atoms with E-state index in [1.165, 1.54) is 5.56 Å². The van der Waals surface area contributed by atoms with E-state index < -0.39 is 0 Å². The third-order valence-corrected chi connectivity index (χ3v) is 2.18. The second-order valence-electron chi connectivity index (χ2n) is 5.08. The van der Waals surface area contributed by atoms with Crippen LogP contribution in [0, 0.1) is 0 Å². The van der Waals surface area contributed by atoms with Gasteiger partial charge in [-0.25, -0.2) is 0 Å². The Morgan fingerprint density at radius 3 is 2.35 bits per heavy atom. The topological polar surface area (TPSA) is 21.3 Å². The van der Waals surface area contributed by atoms with Crippen LogP contribution in [0.4, 0.5) is 0 Å². The van der Waals surface area contributed by atoms with Crippen LogP contribution in [0.25, 0.3) is 6.08 Å². The second-order valence-corrected chi connectivity index (χ2v) is 5.08. The number of benzene rings is 1. The summed E-state index contributed by atoms with van der Waals surface area (Å²) < 4.78 is 5.77. The minimum Gasteiger partial charge on any atom is -0.488 e. The predicted molar refractivity (Wildman–Crippen MR) is 74.4 cm³/mol. The van der Waals surface area contributed by atoms with Gasteiger partial charge in [0.25, 0.3) is 0 Å². The first-order chi connectivity index (χ1) is 8.01. The van der Waals surface area contributed by atoms with Gasteiger partial charge in [-0.1, -0.05) is 24.3 Å². The van der Waals surface area contributed by atoms with Crippen LogP contribution in [0.1, 0.15) is 32.8 Å². The molecule has 0 heterocycles. The standard InChI is InChI=1S/C15H23NO/c1-15(2,3)17-14-10-8-13(9-11-14)7-5-6-12-16-4/h5,7-11,16H,6,12H2,1-4H3. The molecule has 0 aliphatic carbocycles. The van der Waals surface area contributed by atoms with Crippen LogP contribution < -0.4 is 10.1 Å². The van der Waals surface area contributed by atoms with Crippen molar-refractivity contribution in [3.05, 3.63) is 35.9 Å². The molecule has 0 spiro atoms. The Balaban J connectivity index is 2.53. The van der Waals surface area contributed by atoms with Crippen molar-refractivity contribution in [2.75, 3.05) is 13.6 Å². The molecule has 2 nitrogen and oxygen atoms in total. The predicted octanol–water partition coefficient (Wildman–Crippen LogP) is 3.49. The van der Waals surface area contributed by atoms with Crippen molar-refractivity contribution >= 4 is 6.08 Å². The lowest BCUT2D eigenvalue weighted by atomic mass is 10.1. The summed E-state index contributed by atoms with van der Waals surface area (Å²) in [5.41, 5.74) is 1.08. The highest BCUT2D eigenvalue weighted by Crippen LogP contribution is 2.18. The summed E-state index contributed by atoms with van der Waals surface area (Å²) in [5, 5.41) is 3.12. The highest BCUT2D eigenvalue weighted by atomic mass is 16.5. The lowest BCUT2D eigenvalue weighted by molar-refractivity contribution is 0.131. The average Bonchev–Trinajstić information content (AvgIpc) is 2.25. The monoisotopic (exact) mass is 233 g/mol. The van der Waals surface area contributed by atoms with Gasteiger partial charge in [-0.15, -0.1) is 0 Å². The van der Waals surface area contributed by atoms with E-state index in [1.54, 1.807) is 0 Å². The summed E-state index contributed by atoms with van der Waals surface area (Å²) in [5.74, 6) is 0.921. The molecule has 1 N–H and O–H groups in total. The van der Waals surface area contributed by atoms with E-state index in [4.69, 9.17) is 4.74 Å². The minimum atomic E-state index is -0.135. The molecule has 0 saturated heterocycles. The van der Waals surface area contributed by atoms with Gasteiger partial charge in [-0.2, -0.15) is 0 Å². The zero-order valence-electron chi connectivity index (χ0n) is 11.3. The Labute approximate surface area is 105 Å². The van der Waals surface area contributed by atoms with Crippen molar-refractivity contribution in [1.29, 1.82) is 0 Å². The molecule has 0 unspecified atom stereocenters. The summed E-state index contributed by atoms with van der Waals surface area (Å²) in [6.07, 6.45) is 5.37. The van der Waals surface area contributed by atoms with Crippen molar-refractivity contribution in [2.24, 2.45) is 0 Å². The Bertz CT molecular complexity index is 346. The zero-order chi connectivity index (χ0) is 12.7. The molecular formula is C15H23NO. The Hall–Kier alpha value is -1.28. The number of hydrogen-bond donors (Lipinski definition) is 1. The summed E-state index contributed by atoms with van der Waals surface area (Å²) in [7, 11) is 1.96. The zero-order valence-corrected chi connectivity index (χ0v) is 11.3. The van der Waals surface area contributed by atoms with Crippen LogP contribution in [-0.2, 0) is 0 Å². The summed E-state index contributed by atoms with van der Waals surface area (Å²) in [4.78, 5) is 0. The highest BCUT2D eigenvalue weighted by Gasteiger charge is 2.10. The van der Waals surface area contributed by atoms with E-state index in [9.17, 15) is 0 Å². The third-order valence-electron chi connectivity index (χ3n) is 2.18. The molecule has 0 bridgehead atoms. The van der Waals surface area contributed by atoms with Crippen LogP contribution in [0.3, 0.4) is 0 Å². The normalized spacial score (nSPS) is 12.0. The molecule has 2 heteroatoms. The maximum absolute atomic E-state index is 5.77. The number of hydrogen-bond acceptors (Lipinski definition) is 2. The second kappa shape index (κ2) is 6.45. The van der Waals surface area contributed by atoms with Gasteiger partial charge < -0.3 is 10.1 Å². The molecule has 0 saturated carbocycles. The van der Waals surface area contributed by atoms with E-state index in [2.05, 4.69) is 50.4 Å². The van der Waals surface area contributed by atoms with Crippen LogP contribution in [0.5, 0.6) is 5.75 Å². The van der Waals surface area contributed by atoms with Gasteiger partial charge in [0.2, 0.25) is 0 Å². The molecule has 0 radical (unpaired) electrons. The smallest absolute Gasteiger partial charge is 0.120 e. The highest BCUT2D eigenvalue weighted by molar-refractivity contribution is 5.50. The Morgan fingerprint density at radius 2 is 1.82 bits per heavy atom. The van der Waals surface area contributed by atoms with Crippen LogP contribution >= 0.6 is 0 Å². The van der Waals surface area contributed by atoms with E-state index >= 15 is 0 Å². The van der Waals surface area contributed by atoms with E-state index in [-0.39, 0.29) is 5.60 Å². The molecule has 0 aromatic heterocycles. The van der Waals surface area contributed by atoms with Crippen LogP contribution in [-0.4, -0.2) is 19.2 Å². The molecule has 1 rings (SSSR count). The van der Waals surface area contributed by atoms with Crippen LogP contribution in [0.15, 0.2) is 30.3 Å². The van der Waals surface area contributed by atoms with Gasteiger partial charge >= 0.3 is 0 Å². The quantitative estimate of drug-likeness (QED) is 0.786. The van der Waals surface area contributed by atoms with E-state index in [0.717, 1.165) is 18.7 Å². The Morgan fingerprint density at radius 1 is 1.18 bits per heavy atom. The fourth-order valence-corrected chi connectivity index (χ4v) is 1.45. The van der Waals surface area contributed by atoms with Crippen LogP contribution in [0.2, 0.25) is 0 Å². The van der Waals surface area contributed by atoms with Gasteiger partial charge in [-0.3, -0.25) is 0 Å². The fourth-order valence-electron chi connectivity index (χ4n) is 1.45. The summed E-state index contributed by atoms with van der Waals surface area (Å²) in [6.45, 7) is 7.18. The molecule has 0 fully saturated rings. The van der Waals surface area contributed by atoms with Crippen molar-refractivity contribution in [3.8, 4) is 5.75 Å². The summed E-state index contributed by atoms with van der Waals surface area (Å²) >= 11 is 0. The van der Waals surface area contributed by atoms with Crippen molar-refractivity contribution in [3.63, 3.8) is 0 Å². The molecule has 94 valence electrons. The molecule has 1 aromatic rings. The molecule has 17 heavy (non-hydrogen) atoms. The van der Waals surface area contributed by atoms with Gasteiger partial charge in [0, 0.05) is 0 Å². The first-order valence-corrected chi connectivity index (χ1v) is 6.11. The van der Waals surface area contributed by atoms with Crippen molar-refractivity contribution in [2.45, 2.75) is 32.8 Å². The summed E-state index contributed by atoms with van der Waals surface area (Å²) in [6, 6.07) is 8.19. The average molecular weight is 233 g/mol. The number of ether oxygens (including phenoxy) is 1. The van der Waals surface area contributed by atoms with Crippen molar-refractivity contribution < 1.29 is 4.74 Å². The molecule has 1 aromatic carbocycles.